The Morgan fingerprint density at radius 3 is 2.95 bits per heavy atom. The molecule has 0 bridgehead atoms. The summed E-state index contributed by atoms with van der Waals surface area (Å²) in [6.45, 7) is 2.16. The van der Waals surface area contributed by atoms with Gasteiger partial charge in [-0.2, -0.15) is 0 Å². The molecule has 2 saturated carbocycles. The van der Waals surface area contributed by atoms with E-state index < -0.39 is 0 Å². The summed E-state index contributed by atoms with van der Waals surface area (Å²) in [5.74, 6) is 2.11. The highest BCUT2D eigenvalue weighted by Crippen LogP contribution is 2.61. The van der Waals surface area contributed by atoms with Crippen LogP contribution in [-0.4, -0.2) is 5.78 Å². The van der Waals surface area contributed by atoms with Crippen LogP contribution in [0.3, 0.4) is 0 Å². The van der Waals surface area contributed by atoms with Crippen LogP contribution in [0.1, 0.15) is 71.1 Å². The first-order valence-electron chi connectivity index (χ1n) is 9.30. The molecule has 22 heavy (non-hydrogen) atoms. The second-order valence-electron chi connectivity index (χ2n) is 7.92. The predicted octanol–water partition coefficient (Wildman–Crippen LogP) is 5.53. The molecule has 0 unspecified atom stereocenters. The maximum absolute atomic E-state index is 11.7. The number of rotatable bonds is 2. The molecule has 0 aromatic rings. The highest BCUT2D eigenvalue weighted by molar-refractivity contribution is 5.93. The fourth-order valence-electron chi connectivity index (χ4n) is 6.04. The van der Waals surface area contributed by atoms with Crippen LogP contribution in [0.5, 0.6) is 0 Å². The van der Waals surface area contributed by atoms with Gasteiger partial charge in [0.05, 0.1) is 0 Å². The molecule has 0 radical (unpaired) electrons. The lowest BCUT2D eigenvalue weighted by molar-refractivity contribution is -0.114. The highest BCUT2D eigenvalue weighted by Gasteiger charge is 2.50. The largest absolute Gasteiger partial charge is 0.295 e. The number of ketones is 1. The predicted molar refractivity (Wildman–Crippen MR) is 90.5 cm³/mol. The smallest absolute Gasteiger partial charge is 0.156 e. The van der Waals surface area contributed by atoms with Gasteiger partial charge in [-0.25, -0.2) is 0 Å². The van der Waals surface area contributed by atoms with Crippen molar-refractivity contribution in [1.29, 1.82) is 0 Å². The molecule has 0 amide bonds. The molecule has 0 spiro atoms. The molecule has 0 aromatic carbocycles. The third-order valence-corrected chi connectivity index (χ3v) is 7.02. The van der Waals surface area contributed by atoms with Crippen molar-refractivity contribution in [3.05, 3.63) is 34.9 Å². The Kier molecular flexibility index (Phi) is 3.63. The summed E-state index contributed by atoms with van der Waals surface area (Å²) in [6.07, 6.45) is 19.2. The molecular weight excluding hydrogens is 268 g/mol. The van der Waals surface area contributed by atoms with E-state index in [-0.39, 0.29) is 0 Å². The van der Waals surface area contributed by atoms with Crippen LogP contribution in [0, 0.1) is 17.3 Å². The first-order valence-corrected chi connectivity index (χ1v) is 9.30. The van der Waals surface area contributed by atoms with Crippen LogP contribution >= 0.6 is 0 Å². The molecule has 0 aromatic heterocycles. The normalized spacial score (nSPS) is 37.9. The minimum atomic E-state index is 0.358. The quantitative estimate of drug-likeness (QED) is 0.612. The minimum Gasteiger partial charge on any atom is -0.295 e. The van der Waals surface area contributed by atoms with Gasteiger partial charge in [-0.15, -0.1) is 0 Å². The van der Waals surface area contributed by atoms with Gasteiger partial charge in [-0.3, -0.25) is 4.79 Å². The molecule has 0 N–H and O–H groups in total. The first kappa shape index (κ1) is 14.5. The SMILES string of the molecule is CC=CC[C@@]12CCC[C@H]1[C@@H]1CCC3=CC(=O)CCC3=C1CC2. The lowest BCUT2D eigenvalue weighted by atomic mass is 9.56. The summed E-state index contributed by atoms with van der Waals surface area (Å²) in [6, 6.07) is 0. The topological polar surface area (TPSA) is 17.1 Å². The molecule has 3 atom stereocenters. The van der Waals surface area contributed by atoms with Gasteiger partial charge in [0.2, 0.25) is 0 Å². The van der Waals surface area contributed by atoms with Gasteiger partial charge in [0.1, 0.15) is 0 Å². The van der Waals surface area contributed by atoms with E-state index in [2.05, 4.69) is 19.1 Å². The van der Waals surface area contributed by atoms with E-state index in [4.69, 9.17) is 0 Å². The molecule has 0 saturated heterocycles. The van der Waals surface area contributed by atoms with Crippen molar-refractivity contribution in [1.82, 2.24) is 0 Å². The van der Waals surface area contributed by atoms with Crippen LogP contribution in [0.2, 0.25) is 0 Å². The Labute approximate surface area is 134 Å². The molecule has 118 valence electrons. The highest BCUT2D eigenvalue weighted by atomic mass is 16.1. The molecule has 0 heterocycles. The zero-order valence-electron chi connectivity index (χ0n) is 13.9. The Balaban J connectivity index is 1.69. The van der Waals surface area contributed by atoms with E-state index in [1.807, 2.05) is 6.08 Å². The van der Waals surface area contributed by atoms with Gasteiger partial charge in [-0.1, -0.05) is 24.1 Å². The maximum Gasteiger partial charge on any atom is 0.156 e. The Morgan fingerprint density at radius 2 is 2.09 bits per heavy atom. The van der Waals surface area contributed by atoms with E-state index in [0.717, 1.165) is 31.1 Å². The molecule has 4 aliphatic carbocycles. The number of hydrogen-bond donors (Lipinski definition) is 0. The summed E-state index contributed by atoms with van der Waals surface area (Å²) >= 11 is 0. The summed E-state index contributed by atoms with van der Waals surface area (Å²) in [5.41, 5.74) is 5.39. The maximum atomic E-state index is 11.7. The van der Waals surface area contributed by atoms with E-state index in [9.17, 15) is 4.79 Å². The molecule has 2 fully saturated rings. The Bertz CT molecular complexity index is 577. The Hall–Kier alpha value is -1.11. The third kappa shape index (κ3) is 2.16. The van der Waals surface area contributed by atoms with Crippen LogP contribution in [0.25, 0.3) is 0 Å². The summed E-state index contributed by atoms with van der Waals surface area (Å²) in [5, 5.41) is 0. The summed E-state index contributed by atoms with van der Waals surface area (Å²) in [7, 11) is 0. The summed E-state index contributed by atoms with van der Waals surface area (Å²) < 4.78 is 0. The first-order chi connectivity index (χ1) is 10.7. The van der Waals surface area contributed by atoms with Crippen molar-refractivity contribution in [2.24, 2.45) is 17.3 Å². The zero-order chi connectivity index (χ0) is 15.2. The van der Waals surface area contributed by atoms with Crippen molar-refractivity contribution < 1.29 is 4.79 Å². The number of carbonyl (C=O) groups is 1. The van der Waals surface area contributed by atoms with Crippen LogP contribution in [0.4, 0.5) is 0 Å². The second-order valence-corrected chi connectivity index (χ2v) is 7.92. The summed E-state index contributed by atoms with van der Waals surface area (Å²) in [4.78, 5) is 11.7. The fraction of sp³-hybridized carbons (Fsp3) is 0.667. The monoisotopic (exact) mass is 296 g/mol. The van der Waals surface area contributed by atoms with E-state index in [1.54, 1.807) is 11.1 Å². The average Bonchev–Trinajstić information content (AvgIpc) is 2.96. The molecule has 1 nitrogen and oxygen atoms in total. The lowest BCUT2D eigenvalue weighted by Gasteiger charge is -2.48. The van der Waals surface area contributed by atoms with E-state index in [0.29, 0.717) is 11.2 Å². The van der Waals surface area contributed by atoms with Gasteiger partial charge in [0.25, 0.3) is 0 Å². The van der Waals surface area contributed by atoms with Crippen molar-refractivity contribution in [2.75, 3.05) is 0 Å². The van der Waals surface area contributed by atoms with Gasteiger partial charge in [0.15, 0.2) is 5.78 Å². The number of allylic oxidation sites excluding steroid dienone is 6. The molecule has 1 heteroatoms. The van der Waals surface area contributed by atoms with Crippen molar-refractivity contribution >= 4 is 5.78 Å². The lowest BCUT2D eigenvalue weighted by Crippen LogP contribution is -2.38. The van der Waals surface area contributed by atoms with Crippen molar-refractivity contribution in [3.8, 4) is 0 Å². The van der Waals surface area contributed by atoms with Crippen molar-refractivity contribution in [3.63, 3.8) is 0 Å². The third-order valence-electron chi connectivity index (χ3n) is 7.02. The average molecular weight is 296 g/mol. The van der Waals surface area contributed by atoms with Gasteiger partial charge in [0, 0.05) is 6.42 Å². The minimum absolute atomic E-state index is 0.358. The second kappa shape index (κ2) is 5.51. The van der Waals surface area contributed by atoms with E-state index in [1.165, 1.54) is 50.5 Å². The van der Waals surface area contributed by atoms with Crippen LogP contribution < -0.4 is 0 Å². The van der Waals surface area contributed by atoms with Gasteiger partial charge in [-0.05, 0) is 92.8 Å². The fourth-order valence-corrected chi connectivity index (χ4v) is 6.04. The Morgan fingerprint density at radius 1 is 1.18 bits per heavy atom. The van der Waals surface area contributed by atoms with Gasteiger partial charge < -0.3 is 0 Å². The zero-order valence-corrected chi connectivity index (χ0v) is 13.9. The molecule has 4 rings (SSSR count). The standard InChI is InChI=1S/C21H28O/c1-2-3-11-21-12-4-5-20(21)19-8-6-15-14-16(22)7-9-17(15)18(19)10-13-21/h2-3,14,19-20H,4-13H2,1H3/t19-,20+,21+/m1/s1. The number of hydrogen-bond acceptors (Lipinski definition) is 1. The number of carbonyl (C=O) groups excluding carboxylic acids is 1. The van der Waals surface area contributed by atoms with Gasteiger partial charge >= 0.3 is 0 Å². The molecular formula is C21H28O. The molecule has 4 aliphatic rings. The van der Waals surface area contributed by atoms with Crippen LogP contribution in [-0.2, 0) is 4.79 Å². The van der Waals surface area contributed by atoms with Crippen molar-refractivity contribution in [2.45, 2.75) is 71.1 Å². The van der Waals surface area contributed by atoms with Crippen LogP contribution in [0.15, 0.2) is 34.9 Å². The van der Waals surface area contributed by atoms with E-state index >= 15 is 0 Å². The molecule has 0 aliphatic heterocycles. The number of fused-ring (bicyclic) bond motifs is 4.